The zero-order valence-electron chi connectivity index (χ0n) is 15.2. The zero-order chi connectivity index (χ0) is 19.8. The molecule has 0 aliphatic heterocycles. The summed E-state index contributed by atoms with van der Waals surface area (Å²) >= 11 is 11.9. The number of aliphatic hydroxyl groups is 1. The molecule has 2 rings (SSSR count). The van der Waals surface area contributed by atoms with Crippen LogP contribution in [-0.4, -0.2) is 36.4 Å². The predicted octanol–water partition coefficient (Wildman–Crippen LogP) is 3.95. The van der Waals surface area contributed by atoms with E-state index in [1.807, 2.05) is 38.1 Å². The van der Waals surface area contributed by atoms with Crippen molar-refractivity contribution < 1.29 is 14.6 Å². The van der Waals surface area contributed by atoms with E-state index in [1.54, 1.807) is 18.2 Å². The number of aliphatic hydroxyl groups excluding tert-OH is 1. The number of rotatable bonds is 8. The quantitative estimate of drug-likeness (QED) is 0.451. The maximum absolute atomic E-state index is 10.00. The first-order valence-corrected chi connectivity index (χ1v) is 9.19. The summed E-state index contributed by atoms with van der Waals surface area (Å²) in [5.41, 5.74) is 6.61. The van der Waals surface area contributed by atoms with Crippen LogP contribution in [0.25, 0.3) is 0 Å². The fourth-order valence-electron chi connectivity index (χ4n) is 2.11. The molecular formula is C19H23Cl2N3O3. The van der Waals surface area contributed by atoms with Crippen molar-refractivity contribution >= 4 is 34.8 Å². The second kappa shape index (κ2) is 10.3. The van der Waals surface area contributed by atoms with Crippen molar-refractivity contribution in [3.8, 4) is 11.5 Å². The number of nitrogens with two attached hydrogens (primary N) is 1. The van der Waals surface area contributed by atoms with Gasteiger partial charge in [-0.1, -0.05) is 29.3 Å². The first kappa shape index (κ1) is 21.2. The molecule has 4 N–H and O–H groups in total. The lowest BCUT2D eigenvalue weighted by molar-refractivity contribution is 0.114. The van der Waals surface area contributed by atoms with E-state index in [9.17, 15) is 5.11 Å². The third-order valence-corrected chi connectivity index (χ3v) is 4.12. The Morgan fingerprint density at radius 2 is 1.89 bits per heavy atom. The van der Waals surface area contributed by atoms with Gasteiger partial charge in [0.05, 0.1) is 17.7 Å². The number of nitrogens with one attached hydrogen (secondary N) is 1. The van der Waals surface area contributed by atoms with Gasteiger partial charge in [-0.15, -0.1) is 0 Å². The van der Waals surface area contributed by atoms with Gasteiger partial charge in [-0.3, -0.25) is 4.99 Å². The highest BCUT2D eigenvalue weighted by Crippen LogP contribution is 2.31. The molecule has 0 saturated heterocycles. The summed E-state index contributed by atoms with van der Waals surface area (Å²) in [4.78, 5) is 4.11. The van der Waals surface area contributed by atoms with Crippen molar-refractivity contribution in [2.75, 3.05) is 18.5 Å². The van der Waals surface area contributed by atoms with Crippen molar-refractivity contribution in [2.24, 2.45) is 10.7 Å². The molecule has 0 bridgehead atoms. The highest BCUT2D eigenvalue weighted by molar-refractivity contribution is 6.42. The Hall–Kier alpha value is -2.15. The lowest BCUT2D eigenvalue weighted by atomic mass is 10.3. The molecule has 0 saturated carbocycles. The van der Waals surface area contributed by atoms with Crippen LogP contribution in [0.15, 0.2) is 47.5 Å². The number of anilines is 1. The van der Waals surface area contributed by atoms with Crippen molar-refractivity contribution in [2.45, 2.75) is 26.1 Å². The first-order chi connectivity index (χ1) is 12.8. The Kier molecular flexibility index (Phi) is 8.03. The monoisotopic (exact) mass is 411 g/mol. The lowest BCUT2D eigenvalue weighted by Crippen LogP contribution is -2.27. The Labute approximate surface area is 168 Å². The van der Waals surface area contributed by atoms with Crippen LogP contribution < -0.4 is 20.5 Å². The van der Waals surface area contributed by atoms with Gasteiger partial charge in [0.2, 0.25) is 0 Å². The molecular weight excluding hydrogens is 389 g/mol. The van der Waals surface area contributed by atoms with E-state index in [1.165, 1.54) is 0 Å². The first-order valence-electron chi connectivity index (χ1n) is 8.43. The van der Waals surface area contributed by atoms with Gasteiger partial charge < -0.3 is 25.6 Å². The minimum atomic E-state index is -0.845. The fraction of sp³-hybridized carbons (Fsp3) is 0.316. The lowest BCUT2D eigenvalue weighted by Gasteiger charge is -2.13. The molecule has 0 radical (unpaired) electrons. The Morgan fingerprint density at radius 3 is 2.56 bits per heavy atom. The second-order valence-electron chi connectivity index (χ2n) is 6.06. The molecule has 0 amide bonds. The van der Waals surface area contributed by atoms with E-state index in [0.29, 0.717) is 15.8 Å². The molecule has 0 aromatic heterocycles. The molecule has 2 aromatic rings. The molecule has 8 heteroatoms. The smallest absolute Gasteiger partial charge is 0.193 e. The van der Waals surface area contributed by atoms with Gasteiger partial charge >= 0.3 is 0 Å². The van der Waals surface area contributed by atoms with E-state index in [2.05, 4.69) is 10.3 Å². The van der Waals surface area contributed by atoms with Crippen LogP contribution in [0.3, 0.4) is 0 Å². The van der Waals surface area contributed by atoms with Crippen LogP contribution in [0, 0.1) is 0 Å². The van der Waals surface area contributed by atoms with Gasteiger partial charge in [-0.05, 0) is 50.2 Å². The summed E-state index contributed by atoms with van der Waals surface area (Å²) in [6, 6.07) is 12.4. The SMILES string of the molecule is CC(C)Oc1ccc(NC(N)=NCC(O)COc2cccc(Cl)c2Cl)cc1. The van der Waals surface area contributed by atoms with Gasteiger partial charge in [0.1, 0.15) is 29.2 Å². The fourth-order valence-corrected chi connectivity index (χ4v) is 2.46. The molecule has 146 valence electrons. The summed E-state index contributed by atoms with van der Waals surface area (Å²) in [7, 11) is 0. The van der Waals surface area contributed by atoms with Crippen LogP contribution in [0.2, 0.25) is 10.0 Å². The molecule has 0 aliphatic carbocycles. The van der Waals surface area contributed by atoms with Crippen LogP contribution in [0.1, 0.15) is 13.8 Å². The topological polar surface area (TPSA) is 89.1 Å². The number of hydrogen-bond acceptors (Lipinski definition) is 4. The summed E-state index contributed by atoms with van der Waals surface area (Å²) < 4.78 is 11.0. The maximum Gasteiger partial charge on any atom is 0.193 e. The van der Waals surface area contributed by atoms with Gasteiger partial charge in [0, 0.05) is 5.69 Å². The summed E-state index contributed by atoms with van der Waals surface area (Å²) in [5.74, 6) is 1.37. The van der Waals surface area contributed by atoms with Crippen molar-refractivity contribution in [3.05, 3.63) is 52.5 Å². The minimum absolute atomic E-state index is 0.0120. The number of aliphatic imine (C=N–C) groups is 1. The van der Waals surface area contributed by atoms with Crippen molar-refractivity contribution in [3.63, 3.8) is 0 Å². The molecule has 2 aromatic carbocycles. The number of guanidine groups is 1. The van der Waals surface area contributed by atoms with Crippen LogP contribution >= 0.6 is 23.2 Å². The molecule has 27 heavy (non-hydrogen) atoms. The van der Waals surface area contributed by atoms with Crippen molar-refractivity contribution in [1.29, 1.82) is 0 Å². The molecule has 6 nitrogen and oxygen atoms in total. The average molecular weight is 412 g/mol. The third kappa shape index (κ3) is 7.17. The van der Waals surface area contributed by atoms with Gasteiger partial charge in [0.15, 0.2) is 5.96 Å². The number of halogens is 2. The molecule has 0 fully saturated rings. The number of hydrogen-bond donors (Lipinski definition) is 3. The van der Waals surface area contributed by atoms with Gasteiger partial charge in [0.25, 0.3) is 0 Å². The molecule has 0 heterocycles. The maximum atomic E-state index is 10.00. The molecule has 0 aliphatic rings. The van der Waals surface area contributed by atoms with Crippen molar-refractivity contribution in [1.82, 2.24) is 0 Å². The highest BCUT2D eigenvalue weighted by Gasteiger charge is 2.09. The number of nitrogens with zero attached hydrogens (tertiary/aromatic N) is 1. The van der Waals surface area contributed by atoms with Crippen LogP contribution in [0.4, 0.5) is 5.69 Å². The van der Waals surface area contributed by atoms with E-state index in [-0.39, 0.29) is 25.2 Å². The molecule has 1 unspecified atom stereocenters. The Morgan fingerprint density at radius 1 is 1.19 bits per heavy atom. The minimum Gasteiger partial charge on any atom is -0.491 e. The zero-order valence-corrected chi connectivity index (χ0v) is 16.7. The predicted molar refractivity (Wildman–Crippen MR) is 110 cm³/mol. The van der Waals surface area contributed by atoms with Gasteiger partial charge in [-0.2, -0.15) is 0 Å². The van der Waals surface area contributed by atoms with E-state index >= 15 is 0 Å². The second-order valence-corrected chi connectivity index (χ2v) is 6.84. The Balaban J connectivity index is 1.81. The summed E-state index contributed by atoms with van der Waals surface area (Å²) in [6.07, 6.45) is -0.733. The van der Waals surface area contributed by atoms with E-state index in [0.717, 1.165) is 11.4 Å². The number of benzene rings is 2. The van der Waals surface area contributed by atoms with Crippen LogP contribution in [-0.2, 0) is 0 Å². The normalized spacial score (nSPS) is 12.7. The Bertz CT molecular complexity index is 767. The standard InChI is InChI=1S/C19H23Cl2N3O3/c1-12(2)27-15-8-6-13(7-9-15)24-19(22)23-10-14(25)11-26-17-5-3-4-16(20)18(17)21/h3-9,12,14,25H,10-11H2,1-2H3,(H3,22,23,24). The highest BCUT2D eigenvalue weighted by atomic mass is 35.5. The largest absolute Gasteiger partial charge is 0.491 e. The summed E-state index contributed by atoms with van der Waals surface area (Å²) in [5, 5.41) is 13.6. The molecule has 0 spiro atoms. The van der Waals surface area contributed by atoms with Gasteiger partial charge in [-0.25, -0.2) is 0 Å². The summed E-state index contributed by atoms with van der Waals surface area (Å²) in [6.45, 7) is 4.02. The number of ether oxygens (including phenoxy) is 2. The van der Waals surface area contributed by atoms with E-state index < -0.39 is 6.10 Å². The van der Waals surface area contributed by atoms with Crippen LogP contribution in [0.5, 0.6) is 11.5 Å². The molecule has 1 atom stereocenters. The third-order valence-electron chi connectivity index (χ3n) is 3.32. The van der Waals surface area contributed by atoms with E-state index in [4.69, 9.17) is 38.4 Å². The average Bonchev–Trinajstić information content (AvgIpc) is 2.62.